The first-order valence-electron chi connectivity index (χ1n) is 11.2. The summed E-state index contributed by atoms with van der Waals surface area (Å²) in [5, 5.41) is 7.35. The van der Waals surface area contributed by atoms with E-state index in [0.29, 0.717) is 0 Å². The second kappa shape index (κ2) is 9.77. The van der Waals surface area contributed by atoms with Crippen LogP contribution in [0.25, 0.3) is 10.9 Å². The summed E-state index contributed by atoms with van der Waals surface area (Å²) in [7, 11) is 0. The maximum Gasteiger partial charge on any atom is 0.224 e. The van der Waals surface area contributed by atoms with Crippen molar-refractivity contribution in [3.63, 3.8) is 0 Å². The number of carbonyl (C=O) groups is 1. The second-order valence-corrected chi connectivity index (χ2v) is 9.38. The molecule has 7 heteroatoms. The summed E-state index contributed by atoms with van der Waals surface area (Å²) in [6, 6.07) is 17.7. The highest BCUT2D eigenvalue weighted by Crippen LogP contribution is 2.26. The molecule has 0 spiro atoms. The molecule has 1 N–H and O–H groups in total. The van der Waals surface area contributed by atoms with Crippen LogP contribution in [0.4, 0.5) is 4.39 Å². The topological polar surface area (TPSA) is 58.1 Å². The zero-order valence-electron chi connectivity index (χ0n) is 18.2. The van der Waals surface area contributed by atoms with Crippen molar-refractivity contribution in [1.29, 1.82) is 0 Å². The van der Waals surface area contributed by atoms with Crippen LogP contribution in [-0.4, -0.2) is 33.9 Å². The number of para-hydroxylation sites is 1. The number of pyridine rings is 1. The lowest BCUT2D eigenvalue weighted by Gasteiger charge is -2.31. The molecular formula is C26H25FN4OS. The van der Waals surface area contributed by atoms with Gasteiger partial charge in [-0.2, -0.15) is 0 Å². The van der Waals surface area contributed by atoms with Gasteiger partial charge in [0.25, 0.3) is 0 Å². The summed E-state index contributed by atoms with van der Waals surface area (Å²) in [6.45, 7) is 2.57. The van der Waals surface area contributed by atoms with E-state index in [1.54, 1.807) is 23.5 Å². The van der Waals surface area contributed by atoms with Crippen molar-refractivity contribution in [2.24, 2.45) is 5.92 Å². The molecule has 1 atom stereocenters. The monoisotopic (exact) mass is 460 g/mol. The first-order valence-corrected chi connectivity index (χ1v) is 12.1. The number of likely N-dealkylation sites (tertiary alicyclic amines) is 1. The summed E-state index contributed by atoms with van der Waals surface area (Å²) < 4.78 is 13.6. The average molecular weight is 461 g/mol. The summed E-state index contributed by atoms with van der Waals surface area (Å²) in [6.07, 6.45) is 3.44. The fourth-order valence-corrected chi connectivity index (χ4v) is 5.02. The third-order valence-electron chi connectivity index (χ3n) is 6.21. The number of carbonyl (C=O) groups excluding carboxylic acids is 1. The predicted octanol–water partition coefficient (Wildman–Crippen LogP) is 4.95. The highest BCUT2D eigenvalue weighted by molar-refractivity contribution is 7.09. The highest BCUT2D eigenvalue weighted by Gasteiger charge is 2.28. The number of nitrogens with one attached hydrogen (secondary N) is 1. The molecule has 33 heavy (non-hydrogen) atoms. The lowest BCUT2D eigenvalue weighted by atomic mass is 9.94. The van der Waals surface area contributed by atoms with Gasteiger partial charge in [-0.25, -0.2) is 9.37 Å². The van der Waals surface area contributed by atoms with Gasteiger partial charge in [0.1, 0.15) is 10.8 Å². The number of halogens is 1. The van der Waals surface area contributed by atoms with Gasteiger partial charge in [0.05, 0.1) is 23.8 Å². The standard InChI is InChI=1S/C26H25FN4OS/c27-21-8-5-19(6-9-21)25(23-10-7-18-3-1-2-4-22(18)29-23)30-26(32)20-11-14-31(15-12-20)17-24-28-13-16-33-24/h1-10,13,16,20,25H,11-12,14-15,17H2,(H,30,32). The maximum atomic E-state index is 13.6. The summed E-state index contributed by atoms with van der Waals surface area (Å²) in [4.78, 5) is 24.8. The molecule has 1 saturated heterocycles. The third kappa shape index (κ3) is 5.10. The number of rotatable bonds is 6. The van der Waals surface area contributed by atoms with Gasteiger partial charge in [0.15, 0.2) is 0 Å². The van der Waals surface area contributed by atoms with E-state index < -0.39 is 6.04 Å². The molecule has 4 aromatic rings. The van der Waals surface area contributed by atoms with Gasteiger partial charge < -0.3 is 5.32 Å². The van der Waals surface area contributed by atoms with E-state index in [-0.39, 0.29) is 17.6 Å². The molecule has 2 aromatic carbocycles. The zero-order chi connectivity index (χ0) is 22.6. The number of piperidine rings is 1. The fraction of sp³-hybridized carbons (Fsp3) is 0.269. The third-order valence-corrected chi connectivity index (χ3v) is 6.97. The molecule has 3 heterocycles. The van der Waals surface area contributed by atoms with E-state index >= 15 is 0 Å². The molecule has 0 radical (unpaired) electrons. The van der Waals surface area contributed by atoms with Gasteiger partial charge in [0.2, 0.25) is 5.91 Å². The van der Waals surface area contributed by atoms with Gasteiger partial charge in [0, 0.05) is 22.9 Å². The minimum absolute atomic E-state index is 0.0215. The Labute approximate surface area is 196 Å². The van der Waals surface area contributed by atoms with E-state index in [1.165, 1.54) is 12.1 Å². The Hall–Kier alpha value is -3.16. The molecule has 5 rings (SSSR count). The van der Waals surface area contributed by atoms with Crippen LogP contribution in [0.1, 0.15) is 35.1 Å². The number of nitrogens with zero attached hydrogens (tertiary/aromatic N) is 3. The SMILES string of the molecule is O=C(NC(c1ccc(F)cc1)c1ccc2ccccc2n1)C1CCN(Cc2nccs2)CC1. The van der Waals surface area contributed by atoms with Gasteiger partial charge in [-0.05, 0) is 55.8 Å². The van der Waals surface area contributed by atoms with Crippen molar-refractivity contribution in [2.75, 3.05) is 13.1 Å². The summed E-state index contributed by atoms with van der Waals surface area (Å²) in [5.74, 6) is -0.336. The van der Waals surface area contributed by atoms with Crippen LogP contribution in [0.5, 0.6) is 0 Å². The minimum Gasteiger partial charge on any atom is -0.343 e. The quantitative estimate of drug-likeness (QED) is 0.442. The van der Waals surface area contributed by atoms with Gasteiger partial charge in [-0.3, -0.25) is 14.7 Å². The molecule has 168 valence electrons. The number of benzene rings is 2. The number of amides is 1. The second-order valence-electron chi connectivity index (χ2n) is 8.40. The highest BCUT2D eigenvalue weighted by atomic mass is 32.1. The molecule has 1 unspecified atom stereocenters. The van der Waals surface area contributed by atoms with Crippen molar-refractivity contribution in [1.82, 2.24) is 20.2 Å². The number of aromatic nitrogens is 2. The first-order chi connectivity index (χ1) is 16.2. The van der Waals surface area contributed by atoms with Crippen LogP contribution in [-0.2, 0) is 11.3 Å². The van der Waals surface area contributed by atoms with Crippen LogP contribution in [0.15, 0.2) is 72.2 Å². The van der Waals surface area contributed by atoms with Gasteiger partial charge in [-0.1, -0.05) is 36.4 Å². The normalized spacial score (nSPS) is 16.0. The number of hydrogen-bond donors (Lipinski definition) is 1. The van der Waals surface area contributed by atoms with E-state index in [4.69, 9.17) is 4.98 Å². The van der Waals surface area contributed by atoms with Gasteiger partial charge in [-0.15, -0.1) is 11.3 Å². The molecule has 1 fully saturated rings. The zero-order valence-corrected chi connectivity index (χ0v) is 19.0. The first kappa shape index (κ1) is 21.7. The van der Waals surface area contributed by atoms with E-state index in [9.17, 15) is 9.18 Å². The van der Waals surface area contributed by atoms with Crippen LogP contribution in [0.3, 0.4) is 0 Å². The minimum atomic E-state index is -0.434. The molecular weight excluding hydrogens is 435 g/mol. The molecule has 2 aromatic heterocycles. The summed E-state index contributed by atoms with van der Waals surface area (Å²) >= 11 is 1.66. The maximum absolute atomic E-state index is 13.6. The van der Waals surface area contributed by atoms with Crippen LogP contribution in [0.2, 0.25) is 0 Å². The Balaban J connectivity index is 1.32. The molecule has 1 aliphatic rings. The largest absolute Gasteiger partial charge is 0.343 e. The molecule has 5 nitrogen and oxygen atoms in total. The molecule has 0 aliphatic carbocycles. The van der Waals surface area contributed by atoms with Crippen LogP contribution >= 0.6 is 11.3 Å². The van der Waals surface area contributed by atoms with Crippen LogP contribution < -0.4 is 5.32 Å². The fourth-order valence-electron chi connectivity index (χ4n) is 4.36. The van der Waals surface area contributed by atoms with E-state index in [1.807, 2.05) is 48.0 Å². The Morgan fingerprint density at radius 2 is 1.88 bits per heavy atom. The van der Waals surface area contributed by atoms with Crippen molar-refractivity contribution < 1.29 is 9.18 Å². The van der Waals surface area contributed by atoms with E-state index in [0.717, 1.165) is 59.6 Å². The van der Waals surface area contributed by atoms with Crippen molar-refractivity contribution in [3.05, 3.63) is 94.3 Å². The van der Waals surface area contributed by atoms with Crippen LogP contribution in [0, 0.1) is 11.7 Å². The molecule has 0 saturated carbocycles. The Bertz CT molecular complexity index is 1220. The predicted molar refractivity (Wildman–Crippen MR) is 128 cm³/mol. The number of thiazole rings is 1. The lowest BCUT2D eigenvalue weighted by molar-refractivity contribution is -0.127. The lowest BCUT2D eigenvalue weighted by Crippen LogP contribution is -2.41. The molecule has 1 aliphatic heterocycles. The molecule has 0 bridgehead atoms. The number of hydrogen-bond acceptors (Lipinski definition) is 5. The van der Waals surface area contributed by atoms with E-state index in [2.05, 4.69) is 15.2 Å². The van der Waals surface area contributed by atoms with Gasteiger partial charge >= 0.3 is 0 Å². The average Bonchev–Trinajstić information content (AvgIpc) is 3.36. The Morgan fingerprint density at radius 1 is 1.09 bits per heavy atom. The smallest absolute Gasteiger partial charge is 0.224 e. The van der Waals surface area contributed by atoms with Crippen molar-refractivity contribution in [3.8, 4) is 0 Å². The number of fused-ring (bicyclic) bond motifs is 1. The summed E-state index contributed by atoms with van der Waals surface area (Å²) in [5.41, 5.74) is 2.43. The van der Waals surface area contributed by atoms with Crippen molar-refractivity contribution in [2.45, 2.75) is 25.4 Å². The van der Waals surface area contributed by atoms with Crippen molar-refractivity contribution >= 4 is 28.1 Å². The Morgan fingerprint density at radius 3 is 2.64 bits per heavy atom. The Kier molecular flexibility index (Phi) is 6.41. The molecule has 1 amide bonds.